The predicted octanol–water partition coefficient (Wildman–Crippen LogP) is 2.86. The third-order valence-corrected chi connectivity index (χ3v) is 2.07. The number of hydrogen-bond acceptors (Lipinski definition) is 2. The number of halogens is 1. The standard InChI is InChI=1S/C12H8FNO/c13-12(15)11-7-6-10(8-14-11)9-4-2-1-3-5-9/h1-8H. The molecule has 15 heavy (non-hydrogen) atoms. The van der Waals surface area contributed by atoms with E-state index >= 15 is 0 Å². The highest BCUT2D eigenvalue weighted by molar-refractivity contribution is 5.86. The molecule has 2 aromatic rings. The molecule has 2 nitrogen and oxygen atoms in total. The zero-order valence-corrected chi connectivity index (χ0v) is 7.85. The molecule has 1 aromatic heterocycles. The van der Waals surface area contributed by atoms with Crippen LogP contribution in [0.4, 0.5) is 4.39 Å². The molecule has 1 heterocycles. The van der Waals surface area contributed by atoms with Crippen LogP contribution in [0.1, 0.15) is 10.5 Å². The van der Waals surface area contributed by atoms with Crippen LogP contribution < -0.4 is 0 Å². The van der Waals surface area contributed by atoms with Crippen molar-refractivity contribution in [2.75, 3.05) is 0 Å². The van der Waals surface area contributed by atoms with Gasteiger partial charge in [0.1, 0.15) is 5.69 Å². The number of carbonyl (C=O) groups excluding carboxylic acids is 1. The molecule has 0 aliphatic carbocycles. The molecule has 0 aliphatic rings. The monoisotopic (exact) mass is 201 g/mol. The average Bonchev–Trinajstić information content (AvgIpc) is 2.30. The van der Waals surface area contributed by atoms with Gasteiger partial charge in [-0.05, 0) is 11.6 Å². The van der Waals surface area contributed by atoms with Crippen LogP contribution in [-0.4, -0.2) is 11.0 Å². The Morgan fingerprint density at radius 1 is 1.00 bits per heavy atom. The first-order chi connectivity index (χ1) is 7.27. The fourth-order valence-electron chi connectivity index (χ4n) is 1.31. The highest BCUT2D eigenvalue weighted by atomic mass is 19.1. The van der Waals surface area contributed by atoms with Gasteiger partial charge in [0.15, 0.2) is 0 Å². The van der Waals surface area contributed by atoms with Crippen molar-refractivity contribution in [1.82, 2.24) is 4.98 Å². The highest BCUT2D eigenvalue weighted by Crippen LogP contribution is 2.17. The number of pyridine rings is 1. The van der Waals surface area contributed by atoms with Gasteiger partial charge in [-0.3, -0.25) is 4.79 Å². The Morgan fingerprint density at radius 3 is 2.27 bits per heavy atom. The van der Waals surface area contributed by atoms with Gasteiger partial charge in [-0.15, -0.1) is 0 Å². The second-order valence-electron chi connectivity index (χ2n) is 3.07. The van der Waals surface area contributed by atoms with Crippen LogP contribution in [0.2, 0.25) is 0 Å². The molecule has 0 bridgehead atoms. The maximum atomic E-state index is 12.3. The zero-order valence-electron chi connectivity index (χ0n) is 7.85. The van der Waals surface area contributed by atoms with Crippen molar-refractivity contribution in [1.29, 1.82) is 0 Å². The summed E-state index contributed by atoms with van der Waals surface area (Å²) in [6.45, 7) is 0. The fraction of sp³-hybridized carbons (Fsp3) is 0. The summed E-state index contributed by atoms with van der Waals surface area (Å²) in [5, 5.41) is 0. The SMILES string of the molecule is O=C(F)c1ccc(-c2ccccc2)cn1. The quantitative estimate of drug-likeness (QED) is 0.699. The second-order valence-corrected chi connectivity index (χ2v) is 3.07. The van der Waals surface area contributed by atoms with Crippen LogP contribution in [0.15, 0.2) is 48.7 Å². The molecular formula is C12H8FNO. The summed E-state index contributed by atoms with van der Waals surface area (Å²) in [4.78, 5) is 14.1. The van der Waals surface area contributed by atoms with E-state index in [4.69, 9.17) is 0 Å². The molecule has 0 atom stereocenters. The van der Waals surface area contributed by atoms with Crippen molar-refractivity contribution in [2.24, 2.45) is 0 Å². The summed E-state index contributed by atoms with van der Waals surface area (Å²) >= 11 is 0. The fourth-order valence-corrected chi connectivity index (χ4v) is 1.31. The highest BCUT2D eigenvalue weighted by Gasteiger charge is 2.04. The zero-order chi connectivity index (χ0) is 10.7. The van der Waals surface area contributed by atoms with Gasteiger partial charge in [0, 0.05) is 11.8 Å². The van der Waals surface area contributed by atoms with Gasteiger partial charge in [-0.2, -0.15) is 4.39 Å². The summed E-state index contributed by atoms with van der Waals surface area (Å²) in [5.41, 5.74) is 1.69. The van der Waals surface area contributed by atoms with Crippen LogP contribution in [0.5, 0.6) is 0 Å². The van der Waals surface area contributed by atoms with E-state index in [1.807, 2.05) is 30.3 Å². The van der Waals surface area contributed by atoms with Crippen LogP contribution in [0.3, 0.4) is 0 Å². The van der Waals surface area contributed by atoms with E-state index in [-0.39, 0.29) is 5.69 Å². The van der Waals surface area contributed by atoms with E-state index in [1.165, 1.54) is 12.3 Å². The molecule has 0 fully saturated rings. The van der Waals surface area contributed by atoms with Crippen molar-refractivity contribution in [2.45, 2.75) is 0 Å². The molecule has 0 radical (unpaired) electrons. The Balaban J connectivity index is 2.36. The van der Waals surface area contributed by atoms with Crippen molar-refractivity contribution < 1.29 is 9.18 Å². The van der Waals surface area contributed by atoms with Crippen molar-refractivity contribution >= 4 is 6.04 Å². The lowest BCUT2D eigenvalue weighted by Crippen LogP contribution is -1.93. The van der Waals surface area contributed by atoms with Gasteiger partial charge in [-0.25, -0.2) is 4.98 Å². The van der Waals surface area contributed by atoms with Crippen molar-refractivity contribution in [3.8, 4) is 11.1 Å². The van der Waals surface area contributed by atoms with E-state index in [2.05, 4.69) is 4.98 Å². The number of carbonyl (C=O) groups is 1. The Kier molecular flexibility index (Phi) is 2.54. The van der Waals surface area contributed by atoms with E-state index < -0.39 is 6.04 Å². The van der Waals surface area contributed by atoms with Crippen molar-refractivity contribution in [3.63, 3.8) is 0 Å². The van der Waals surface area contributed by atoms with Crippen LogP contribution in [-0.2, 0) is 0 Å². The minimum absolute atomic E-state index is 0.158. The minimum atomic E-state index is -1.50. The first kappa shape index (κ1) is 9.52. The van der Waals surface area contributed by atoms with Crippen LogP contribution in [0, 0.1) is 0 Å². The summed E-state index contributed by atoms with van der Waals surface area (Å²) < 4.78 is 12.3. The van der Waals surface area contributed by atoms with Gasteiger partial charge < -0.3 is 0 Å². The average molecular weight is 201 g/mol. The maximum Gasteiger partial charge on any atom is 0.350 e. The lowest BCUT2D eigenvalue weighted by molar-refractivity contribution is 0.0830. The maximum absolute atomic E-state index is 12.3. The topological polar surface area (TPSA) is 30.0 Å². The van der Waals surface area contributed by atoms with Gasteiger partial charge in [0.05, 0.1) is 0 Å². The summed E-state index contributed by atoms with van der Waals surface area (Å²) in [6.07, 6.45) is 1.49. The minimum Gasteiger partial charge on any atom is -0.254 e. The summed E-state index contributed by atoms with van der Waals surface area (Å²) in [5.74, 6) is 0. The van der Waals surface area contributed by atoms with E-state index in [9.17, 15) is 9.18 Å². The molecule has 0 aliphatic heterocycles. The summed E-state index contributed by atoms with van der Waals surface area (Å²) in [6, 6.07) is 11.1. The second kappa shape index (κ2) is 4.00. The summed E-state index contributed by atoms with van der Waals surface area (Å²) in [7, 11) is 0. The Bertz CT molecular complexity index is 465. The lowest BCUT2D eigenvalue weighted by atomic mass is 10.1. The molecule has 1 aromatic carbocycles. The molecule has 0 unspecified atom stereocenters. The molecule has 0 saturated heterocycles. The number of benzene rings is 1. The molecule has 74 valence electrons. The molecule has 3 heteroatoms. The molecule has 0 amide bonds. The Morgan fingerprint density at radius 2 is 1.73 bits per heavy atom. The molecule has 2 rings (SSSR count). The van der Waals surface area contributed by atoms with E-state index in [0.29, 0.717) is 0 Å². The van der Waals surface area contributed by atoms with Crippen LogP contribution in [0.25, 0.3) is 11.1 Å². The number of rotatable bonds is 2. The van der Waals surface area contributed by atoms with Crippen molar-refractivity contribution in [3.05, 3.63) is 54.4 Å². The van der Waals surface area contributed by atoms with Gasteiger partial charge in [0.25, 0.3) is 0 Å². The van der Waals surface area contributed by atoms with Crippen LogP contribution >= 0.6 is 0 Å². The normalized spacial score (nSPS) is 9.93. The Hall–Kier alpha value is -2.03. The number of nitrogens with zero attached hydrogens (tertiary/aromatic N) is 1. The van der Waals surface area contributed by atoms with E-state index in [0.717, 1.165) is 11.1 Å². The first-order valence-electron chi connectivity index (χ1n) is 4.48. The number of aromatic nitrogens is 1. The third kappa shape index (κ3) is 2.07. The smallest absolute Gasteiger partial charge is 0.254 e. The van der Waals surface area contributed by atoms with E-state index in [1.54, 1.807) is 6.07 Å². The molecule has 0 N–H and O–H groups in total. The van der Waals surface area contributed by atoms with Gasteiger partial charge in [-0.1, -0.05) is 36.4 Å². The number of hydrogen-bond donors (Lipinski definition) is 0. The molecule has 0 saturated carbocycles. The lowest BCUT2D eigenvalue weighted by Gasteiger charge is -2.00. The third-order valence-electron chi connectivity index (χ3n) is 2.07. The molecular weight excluding hydrogens is 193 g/mol. The largest absolute Gasteiger partial charge is 0.350 e. The molecule has 0 spiro atoms. The Labute approximate surface area is 86.4 Å². The first-order valence-corrected chi connectivity index (χ1v) is 4.48. The predicted molar refractivity (Wildman–Crippen MR) is 55.1 cm³/mol. The van der Waals surface area contributed by atoms with Gasteiger partial charge in [0.2, 0.25) is 0 Å². The van der Waals surface area contributed by atoms with Gasteiger partial charge >= 0.3 is 6.04 Å².